The molecule has 1 aromatic carbocycles. The van der Waals surface area contributed by atoms with E-state index in [1.54, 1.807) is 23.9 Å². The number of ether oxygens (including phenoxy) is 1. The Morgan fingerprint density at radius 1 is 1.35 bits per heavy atom. The summed E-state index contributed by atoms with van der Waals surface area (Å²) in [5.74, 6) is 1.60. The zero-order valence-electron chi connectivity index (χ0n) is 9.58. The average molecular weight is 253 g/mol. The molecule has 0 unspecified atom stereocenters. The van der Waals surface area contributed by atoms with E-state index in [1.165, 1.54) is 0 Å². The van der Waals surface area contributed by atoms with Gasteiger partial charge in [0.05, 0.1) is 16.9 Å². The summed E-state index contributed by atoms with van der Waals surface area (Å²) in [5.41, 5.74) is 10.9. The van der Waals surface area contributed by atoms with Crippen molar-refractivity contribution >= 4 is 29.1 Å². The van der Waals surface area contributed by atoms with E-state index in [1.807, 2.05) is 6.07 Å². The van der Waals surface area contributed by atoms with E-state index >= 15 is 0 Å². The van der Waals surface area contributed by atoms with Crippen LogP contribution < -0.4 is 16.4 Å². The normalized spacial score (nSPS) is 12.5. The van der Waals surface area contributed by atoms with Crippen molar-refractivity contribution in [1.82, 2.24) is 5.53 Å². The van der Waals surface area contributed by atoms with Gasteiger partial charge in [-0.25, -0.2) is 4.79 Å². The van der Waals surface area contributed by atoms with Crippen molar-refractivity contribution < 1.29 is 9.53 Å². The number of nitrogens with one attached hydrogen (secondary N) is 3. The second-order valence-corrected chi connectivity index (χ2v) is 4.86. The highest BCUT2D eigenvalue weighted by atomic mass is 32.2. The summed E-state index contributed by atoms with van der Waals surface area (Å²) in [5, 5.41) is 0. The zero-order chi connectivity index (χ0) is 12.1. The van der Waals surface area contributed by atoms with Gasteiger partial charge in [0.2, 0.25) is 0 Å². The minimum atomic E-state index is -0.279. The summed E-state index contributed by atoms with van der Waals surface area (Å²) < 4.78 is 5.16. The van der Waals surface area contributed by atoms with Gasteiger partial charge in [0.1, 0.15) is 6.61 Å². The summed E-state index contributed by atoms with van der Waals surface area (Å²) >= 11 is 1.76. The third-order valence-corrected chi connectivity index (χ3v) is 3.18. The number of fused-ring (bicyclic) bond motifs is 1. The van der Waals surface area contributed by atoms with Gasteiger partial charge in [-0.3, -0.25) is 0 Å². The standard InChI is InChI=1S/C11H15N3O2S/c1-2-17-6-5-16-11(15)8-3-4-9-10(7-8)13-14-12-9/h3-4,7,12-14H,2,5-6H2,1H3. The maximum Gasteiger partial charge on any atom is 0.338 e. The van der Waals surface area contributed by atoms with Crippen LogP contribution in [0.4, 0.5) is 11.4 Å². The second kappa shape index (κ2) is 5.79. The zero-order valence-corrected chi connectivity index (χ0v) is 10.4. The molecule has 0 aliphatic carbocycles. The Bertz CT molecular complexity index is 412. The Kier molecular flexibility index (Phi) is 4.11. The van der Waals surface area contributed by atoms with E-state index in [0.29, 0.717) is 12.2 Å². The number of carbonyl (C=O) groups excluding carboxylic acids is 1. The number of anilines is 2. The molecule has 3 N–H and O–H groups in total. The lowest BCUT2D eigenvalue weighted by Gasteiger charge is -2.05. The highest BCUT2D eigenvalue weighted by Crippen LogP contribution is 2.25. The largest absolute Gasteiger partial charge is 0.461 e. The van der Waals surface area contributed by atoms with Crippen molar-refractivity contribution in [2.45, 2.75) is 6.92 Å². The lowest BCUT2D eigenvalue weighted by Crippen LogP contribution is -2.19. The molecule has 0 spiro atoms. The molecule has 6 heteroatoms. The Labute approximate surface area is 104 Å². The van der Waals surface area contributed by atoms with Crippen LogP contribution in [0.1, 0.15) is 17.3 Å². The third kappa shape index (κ3) is 3.04. The molecule has 1 heterocycles. The molecule has 0 fully saturated rings. The molecule has 5 nitrogen and oxygen atoms in total. The molecule has 0 aromatic heterocycles. The van der Waals surface area contributed by atoms with Crippen LogP contribution in [0, 0.1) is 0 Å². The van der Waals surface area contributed by atoms with Crippen LogP contribution in [0.15, 0.2) is 18.2 Å². The third-order valence-electron chi connectivity index (χ3n) is 2.31. The molecule has 2 rings (SSSR count). The van der Waals surface area contributed by atoms with Crippen LogP contribution in [-0.2, 0) is 4.74 Å². The van der Waals surface area contributed by atoms with Gasteiger partial charge in [-0.15, -0.1) is 5.53 Å². The topological polar surface area (TPSA) is 62.4 Å². The van der Waals surface area contributed by atoms with E-state index in [4.69, 9.17) is 4.74 Å². The van der Waals surface area contributed by atoms with Gasteiger partial charge >= 0.3 is 5.97 Å². The molecular formula is C11H15N3O2S. The lowest BCUT2D eigenvalue weighted by molar-refractivity contribution is 0.0530. The predicted octanol–water partition coefficient (Wildman–Crippen LogP) is 1.85. The highest BCUT2D eigenvalue weighted by Gasteiger charge is 2.13. The fraction of sp³-hybridized carbons (Fsp3) is 0.364. The molecule has 0 radical (unpaired) electrons. The molecule has 0 bridgehead atoms. The molecule has 92 valence electrons. The van der Waals surface area contributed by atoms with Crippen molar-refractivity contribution in [3.8, 4) is 0 Å². The van der Waals surface area contributed by atoms with Crippen LogP contribution in [0.2, 0.25) is 0 Å². The Morgan fingerprint density at radius 2 is 2.18 bits per heavy atom. The fourth-order valence-electron chi connectivity index (χ4n) is 1.47. The molecule has 0 atom stereocenters. The first kappa shape index (κ1) is 12.1. The van der Waals surface area contributed by atoms with E-state index in [-0.39, 0.29) is 5.97 Å². The maximum atomic E-state index is 11.7. The molecule has 1 aromatic rings. The smallest absolute Gasteiger partial charge is 0.338 e. The van der Waals surface area contributed by atoms with Gasteiger partial charge in [0.25, 0.3) is 0 Å². The molecule has 0 saturated carbocycles. The molecular weight excluding hydrogens is 238 g/mol. The molecule has 0 amide bonds. The lowest BCUT2D eigenvalue weighted by atomic mass is 10.2. The SMILES string of the molecule is CCSCCOC(=O)c1ccc2c(c1)NNN2. The van der Waals surface area contributed by atoms with Crippen molar-refractivity contribution in [3.63, 3.8) is 0 Å². The second-order valence-electron chi connectivity index (χ2n) is 3.47. The first-order chi connectivity index (χ1) is 8.31. The number of hydrogen-bond donors (Lipinski definition) is 3. The number of hydrazine groups is 2. The Balaban J connectivity index is 1.91. The number of esters is 1. The van der Waals surface area contributed by atoms with Gasteiger partial charge < -0.3 is 15.6 Å². The quantitative estimate of drug-likeness (QED) is 0.550. The van der Waals surface area contributed by atoms with Crippen molar-refractivity contribution in [2.24, 2.45) is 0 Å². The average Bonchev–Trinajstić information content (AvgIpc) is 2.81. The summed E-state index contributed by atoms with van der Waals surface area (Å²) in [6.45, 7) is 2.54. The summed E-state index contributed by atoms with van der Waals surface area (Å²) in [4.78, 5) is 11.7. The highest BCUT2D eigenvalue weighted by molar-refractivity contribution is 7.99. The minimum absolute atomic E-state index is 0.279. The number of carbonyl (C=O) groups is 1. The monoisotopic (exact) mass is 253 g/mol. The first-order valence-electron chi connectivity index (χ1n) is 5.47. The van der Waals surface area contributed by atoms with Gasteiger partial charge in [-0.05, 0) is 24.0 Å². The first-order valence-corrected chi connectivity index (χ1v) is 6.62. The van der Waals surface area contributed by atoms with E-state index in [2.05, 4.69) is 23.3 Å². The summed E-state index contributed by atoms with van der Waals surface area (Å²) in [7, 11) is 0. The fourth-order valence-corrected chi connectivity index (χ4v) is 1.96. The van der Waals surface area contributed by atoms with Crippen LogP contribution in [0.25, 0.3) is 0 Å². The molecule has 1 aliphatic rings. The molecule has 1 aliphatic heterocycles. The van der Waals surface area contributed by atoms with Crippen LogP contribution in [0.5, 0.6) is 0 Å². The summed E-state index contributed by atoms with van der Waals surface area (Å²) in [6, 6.07) is 5.34. The van der Waals surface area contributed by atoms with E-state index in [0.717, 1.165) is 22.9 Å². The van der Waals surface area contributed by atoms with Gasteiger partial charge in [0.15, 0.2) is 0 Å². The van der Waals surface area contributed by atoms with Gasteiger partial charge in [-0.1, -0.05) is 6.92 Å². The van der Waals surface area contributed by atoms with E-state index in [9.17, 15) is 4.79 Å². The van der Waals surface area contributed by atoms with Gasteiger partial charge in [0, 0.05) is 5.75 Å². The summed E-state index contributed by atoms with van der Waals surface area (Å²) in [6.07, 6.45) is 0. The molecule has 0 saturated heterocycles. The maximum absolute atomic E-state index is 11.7. The number of benzene rings is 1. The van der Waals surface area contributed by atoms with Crippen molar-refractivity contribution in [1.29, 1.82) is 0 Å². The van der Waals surface area contributed by atoms with Crippen LogP contribution in [-0.4, -0.2) is 24.1 Å². The number of hydrogen-bond acceptors (Lipinski definition) is 6. The van der Waals surface area contributed by atoms with Crippen LogP contribution >= 0.6 is 11.8 Å². The van der Waals surface area contributed by atoms with Crippen LogP contribution in [0.3, 0.4) is 0 Å². The van der Waals surface area contributed by atoms with E-state index < -0.39 is 0 Å². The van der Waals surface area contributed by atoms with Gasteiger partial charge in [-0.2, -0.15) is 11.8 Å². The Hall–Kier alpha value is -1.40. The minimum Gasteiger partial charge on any atom is -0.461 e. The number of rotatable bonds is 5. The molecule has 17 heavy (non-hydrogen) atoms. The number of thioether (sulfide) groups is 1. The van der Waals surface area contributed by atoms with Crippen molar-refractivity contribution in [2.75, 3.05) is 29.0 Å². The predicted molar refractivity (Wildman–Crippen MR) is 70.1 cm³/mol. The Morgan fingerprint density at radius 3 is 3.00 bits per heavy atom. The van der Waals surface area contributed by atoms with Crippen molar-refractivity contribution in [3.05, 3.63) is 23.8 Å².